The number of aromatic nitrogens is 2. The van der Waals surface area contributed by atoms with Gasteiger partial charge in [0.25, 0.3) is 5.92 Å². The Morgan fingerprint density at radius 2 is 1.92 bits per heavy atom. The van der Waals surface area contributed by atoms with E-state index in [1.807, 2.05) is 26.8 Å². The highest BCUT2D eigenvalue weighted by molar-refractivity contribution is 9.10. The molecule has 1 saturated heterocycles. The summed E-state index contributed by atoms with van der Waals surface area (Å²) in [7, 11) is 0. The van der Waals surface area contributed by atoms with Gasteiger partial charge in [0.15, 0.2) is 0 Å². The lowest BCUT2D eigenvalue weighted by molar-refractivity contribution is -0.0290. The lowest BCUT2D eigenvalue weighted by Crippen LogP contribution is -2.40. The van der Waals surface area contributed by atoms with E-state index in [0.29, 0.717) is 11.3 Å². The van der Waals surface area contributed by atoms with E-state index >= 15 is 0 Å². The SMILES string of the molecule is CC(C)(C)N1CC(n2nc(-c3ccc(Br)cc3)c(C#N)c2N)C(F)(F)C1. The van der Waals surface area contributed by atoms with E-state index in [4.69, 9.17) is 5.73 Å². The number of anilines is 1. The summed E-state index contributed by atoms with van der Waals surface area (Å²) < 4.78 is 31.4. The minimum Gasteiger partial charge on any atom is -0.383 e. The summed E-state index contributed by atoms with van der Waals surface area (Å²) in [4.78, 5) is 1.71. The number of halogens is 3. The van der Waals surface area contributed by atoms with Gasteiger partial charge < -0.3 is 5.73 Å². The van der Waals surface area contributed by atoms with Gasteiger partial charge in [-0.15, -0.1) is 0 Å². The topological polar surface area (TPSA) is 70.9 Å². The lowest BCUT2D eigenvalue weighted by atomic mass is 10.1. The largest absolute Gasteiger partial charge is 0.383 e. The average Bonchev–Trinajstić information content (AvgIpc) is 3.04. The van der Waals surface area contributed by atoms with Gasteiger partial charge in [-0.1, -0.05) is 28.1 Å². The van der Waals surface area contributed by atoms with Gasteiger partial charge in [0.05, 0.1) is 6.54 Å². The fraction of sp³-hybridized carbons (Fsp3) is 0.444. The van der Waals surface area contributed by atoms with Crippen molar-refractivity contribution < 1.29 is 8.78 Å². The second kappa shape index (κ2) is 6.32. The molecule has 2 N–H and O–H groups in total. The predicted molar refractivity (Wildman–Crippen MR) is 99.8 cm³/mol. The molecule has 138 valence electrons. The van der Waals surface area contributed by atoms with Crippen molar-refractivity contribution in [3.63, 3.8) is 0 Å². The number of alkyl halides is 2. The van der Waals surface area contributed by atoms with Crippen LogP contribution < -0.4 is 5.73 Å². The normalized spacial score (nSPS) is 20.3. The van der Waals surface area contributed by atoms with E-state index in [0.717, 1.165) is 9.15 Å². The van der Waals surface area contributed by atoms with Crippen LogP contribution in [0.5, 0.6) is 0 Å². The summed E-state index contributed by atoms with van der Waals surface area (Å²) in [6, 6.07) is 7.94. The highest BCUT2D eigenvalue weighted by Gasteiger charge is 2.52. The Morgan fingerprint density at radius 1 is 1.31 bits per heavy atom. The molecule has 2 aromatic rings. The van der Waals surface area contributed by atoms with Gasteiger partial charge in [-0.05, 0) is 32.9 Å². The van der Waals surface area contributed by atoms with Crippen molar-refractivity contribution in [1.29, 1.82) is 5.26 Å². The van der Waals surface area contributed by atoms with Crippen molar-refractivity contribution in [3.05, 3.63) is 34.3 Å². The Morgan fingerprint density at radius 3 is 2.42 bits per heavy atom. The smallest absolute Gasteiger partial charge is 0.283 e. The Kier molecular flexibility index (Phi) is 4.57. The first-order chi connectivity index (χ1) is 12.0. The zero-order valence-electron chi connectivity index (χ0n) is 14.8. The quantitative estimate of drug-likeness (QED) is 0.790. The molecule has 3 rings (SSSR count). The van der Waals surface area contributed by atoms with Crippen LogP contribution in [-0.4, -0.2) is 39.2 Å². The maximum absolute atomic E-state index is 14.7. The van der Waals surface area contributed by atoms with Crippen molar-refractivity contribution in [2.24, 2.45) is 0 Å². The second-order valence-corrected chi connectivity index (χ2v) is 8.42. The number of nitriles is 1. The third-order valence-electron chi connectivity index (χ3n) is 4.70. The van der Waals surface area contributed by atoms with Crippen LogP contribution in [0.1, 0.15) is 32.4 Å². The second-order valence-electron chi connectivity index (χ2n) is 7.50. The van der Waals surface area contributed by atoms with Crippen LogP contribution in [-0.2, 0) is 0 Å². The van der Waals surface area contributed by atoms with Crippen molar-refractivity contribution in [2.45, 2.75) is 38.3 Å². The number of likely N-dealkylation sites (tertiary alicyclic amines) is 1. The zero-order chi connectivity index (χ0) is 19.3. The first kappa shape index (κ1) is 18.8. The zero-order valence-corrected chi connectivity index (χ0v) is 16.4. The van der Waals surface area contributed by atoms with Gasteiger partial charge in [-0.25, -0.2) is 13.5 Å². The number of hydrogen-bond acceptors (Lipinski definition) is 4. The number of rotatable bonds is 2. The van der Waals surface area contributed by atoms with Gasteiger partial charge in [-0.3, -0.25) is 4.90 Å². The van der Waals surface area contributed by atoms with Crippen molar-refractivity contribution in [2.75, 3.05) is 18.8 Å². The average molecular weight is 424 g/mol. The molecular weight excluding hydrogens is 404 g/mol. The minimum absolute atomic E-state index is 0.0224. The third kappa shape index (κ3) is 3.21. The monoisotopic (exact) mass is 423 g/mol. The van der Waals surface area contributed by atoms with E-state index in [2.05, 4.69) is 21.0 Å². The molecule has 8 heteroatoms. The van der Waals surface area contributed by atoms with E-state index in [1.165, 1.54) is 0 Å². The van der Waals surface area contributed by atoms with Crippen LogP contribution in [0.15, 0.2) is 28.7 Å². The molecule has 0 bridgehead atoms. The molecule has 1 aromatic carbocycles. The van der Waals surface area contributed by atoms with E-state index in [9.17, 15) is 14.0 Å². The molecule has 1 aliphatic rings. The number of nitrogen functional groups attached to an aromatic ring is 1. The van der Waals surface area contributed by atoms with E-state index in [-0.39, 0.29) is 24.5 Å². The Bertz CT molecular complexity index is 861. The fourth-order valence-electron chi connectivity index (χ4n) is 3.14. The molecule has 1 atom stereocenters. The first-order valence-electron chi connectivity index (χ1n) is 8.21. The van der Waals surface area contributed by atoms with Crippen LogP contribution in [0.4, 0.5) is 14.6 Å². The van der Waals surface area contributed by atoms with Gasteiger partial charge in [0.1, 0.15) is 29.2 Å². The van der Waals surface area contributed by atoms with Crippen LogP contribution in [0, 0.1) is 11.3 Å². The summed E-state index contributed by atoms with van der Waals surface area (Å²) in [5.74, 6) is -3.01. The fourth-order valence-corrected chi connectivity index (χ4v) is 3.40. The molecule has 0 aliphatic carbocycles. The number of nitrogens with two attached hydrogens (primary N) is 1. The molecular formula is C18H20BrF2N5. The minimum atomic E-state index is -2.99. The highest BCUT2D eigenvalue weighted by Crippen LogP contribution is 2.42. The van der Waals surface area contributed by atoms with Gasteiger partial charge in [-0.2, -0.15) is 10.4 Å². The maximum Gasteiger partial charge on any atom is 0.283 e. The Labute approximate surface area is 159 Å². The standard InChI is InChI=1S/C18H20BrF2N5/c1-17(2,3)25-9-14(18(20,21)10-25)26-16(23)13(8-22)15(24-26)11-4-6-12(19)7-5-11/h4-7,14H,9-10,23H2,1-3H3. The molecule has 1 fully saturated rings. The molecule has 2 heterocycles. The summed E-state index contributed by atoms with van der Waals surface area (Å²) in [5, 5.41) is 13.8. The molecule has 26 heavy (non-hydrogen) atoms. The summed E-state index contributed by atoms with van der Waals surface area (Å²) in [6.07, 6.45) is 0. The summed E-state index contributed by atoms with van der Waals surface area (Å²) in [5.41, 5.74) is 6.76. The highest BCUT2D eigenvalue weighted by atomic mass is 79.9. The number of benzene rings is 1. The Hall–Kier alpha value is -1.98. The van der Waals surface area contributed by atoms with E-state index in [1.54, 1.807) is 29.2 Å². The lowest BCUT2D eigenvalue weighted by Gasteiger charge is -2.31. The molecule has 0 radical (unpaired) electrons. The predicted octanol–water partition coefficient (Wildman–Crippen LogP) is 4.06. The van der Waals surface area contributed by atoms with Crippen molar-refractivity contribution in [1.82, 2.24) is 14.7 Å². The molecule has 5 nitrogen and oxygen atoms in total. The molecule has 1 unspecified atom stereocenters. The first-order valence-corrected chi connectivity index (χ1v) is 9.01. The van der Waals surface area contributed by atoms with Crippen molar-refractivity contribution in [3.8, 4) is 17.3 Å². The number of nitrogens with zero attached hydrogens (tertiary/aromatic N) is 4. The summed E-state index contributed by atoms with van der Waals surface area (Å²) >= 11 is 3.35. The molecule has 1 aliphatic heterocycles. The third-order valence-corrected chi connectivity index (χ3v) is 5.23. The van der Waals surface area contributed by atoms with Crippen LogP contribution in [0.2, 0.25) is 0 Å². The Balaban J connectivity index is 2.07. The summed E-state index contributed by atoms with van der Waals surface area (Å²) in [6.45, 7) is 5.44. The van der Waals surface area contributed by atoms with Gasteiger partial charge in [0.2, 0.25) is 0 Å². The van der Waals surface area contributed by atoms with Crippen molar-refractivity contribution >= 4 is 21.7 Å². The number of hydrogen-bond donors (Lipinski definition) is 1. The molecule has 0 amide bonds. The van der Waals surface area contributed by atoms with Crippen LogP contribution in [0.3, 0.4) is 0 Å². The molecule has 0 saturated carbocycles. The maximum atomic E-state index is 14.7. The van der Waals surface area contributed by atoms with Crippen LogP contribution >= 0.6 is 15.9 Å². The van der Waals surface area contributed by atoms with E-state index < -0.39 is 17.5 Å². The van der Waals surface area contributed by atoms with Crippen LogP contribution in [0.25, 0.3) is 11.3 Å². The molecule has 1 aromatic heterocycles. The van der Waals surface area contributed by atoms with Gasteiger partial charge in [0, 0.05) is 22.1 Å². The molecule has 0 spiro atoms. The van der Waals surface area contributed by atoms with Gasteiger partial charge >= 0.3 is 0 Å².